The quantitative estimate of drug-likeness (QED) is 0.523. The van der Waals surface area contributed by atoms with Gasteiger partial charge in [0.1, 0.15) is 5.75 Å². The van der Waals surface area contributed by atoms with Crippen molar-refractivity contribution in [2.45, 2.75) is 13.5 Å². The number of hydrogen-bond donors (Lipinski definition) is 0. The van der Waals surface area contributed by atoms with Gasteiger partial charge in [0.05, 0.1) is 24.9 Å². The van der Waals surface area contributed by atoms with Crippen LogP contribution in [0, 0.1) is 6.92 Å². The Morgan fingerprint density at radius 2 is 1.72 bits per heavy atom. The second-order valence-electron chi connectivity index (χ2n) is 6.24. The van der Waals surface area contributed by atoms with Crippen LogP contribution in [0.5, 0.6) is 5.75 Å². The molecule has 0 aliphatic rings. The molecule has 4 rings (SSSR count). The van der Waals surface area contributed by atoms with E-state index in [1.54, 1.807) is 7.11 Å². The van der Waals surface area contributed by atoms with Crippen molar-refractivity contribution in [1.29, 1.82) is 0 Å². The number of rotatable bonds is 4. The monoisotopic (exact) mass is 328 g/mol. The van der Waals surface area contributed by atoms with Crippen LogP contribution in [0.25, 0.3) is 22.2 Å². The minimum absolute atomic E-state index is 0.703. The van der Waals surface area contributed by atoms with E-state index in [0.717, 1.165) is 17.0 Å². The van der Waals surface area contributed by atoms with Crippen LogP contribution in [-0.4, -0.2) is 16.9 Å². The third-order valence-electron chi connectivity index (χ3n) is 4.44. The highest BCUT2D eigenvalue weighted by Gasteiger charge is 2.13. The van der Waals surface area contributed by atoms with Crippen LogP contribution in [0.4, 0.5) is 0 Å². The summed E-state index contributed by atoms with van der Waals surface area (Å²) in [5.74, 6) is 0.867. The van der Waals surface area contributed by atoms with Crippen molar-refractivity contribution in [2.75, 3.05) is 7.11 Å². The lowest BCUT2D eigenvalue weighted by Crippen LogP contribution is -2.04. The number of fused-ring (bicyclic) bond motifs is 1. The maximum atomic E-state index is 5.35. The molecule has 1 heterocycles. The van der Waals surface area contributed by atoms with Gasteiger partial charge in [0.15, 0.2) is 0 Å². The zero-order chi connectivity index (χ0) is 17.2. The highest BCUT2D eigenvalue weighted by Crippen LogP contribution is 2.30. The average Bonchev–Trinajstić information content (AvgIpc) is 3.00. The Bertz CT molecular complexity index is 1020. The molecule has 0 aliphatic heterocycles. The van der Waals surface area contributed by atoms with Crippen LogP contribution in [-0.2, 0) is 6.54 Å². The molecule has 0 bridgehead atoms. The number of methoxy groups -OCH3 is 1. The van der Waals surface area contributed by atoms with Crippen LogP contribution in [0.15, 0.2) is 72.8 Å². The number of hydrogen-bond acceptors (Lipinski definition) is 2. The Balaban J connectivity index is 1.85. The molecular formula is C22H20N2O. The van der Waals surface area contributed by atoms with Crippen molar-refractivity contribution in [3.8, 4) is 17.0 Å². The normalized spacial score (nSPS) is 11.0. The van der Waals surface area contributed by atoms with E-state index >= 15 is 0 Å². The molecule has 3 aromatic carbocycles. The molecule has 0 saturated carbocycles. The molecule has 3 nitrogen and oxygen atoms in total. The van der Waals surface area contributed by atoms with E-state index in [9.17, 15) is 0 Å². The van der Waals surface area contributed by atoms with Crippen molar-refractivity contribution < 1.29 is 4.74 Å². The molecule has 1 aromatic heterocycles. The third kappa shape index (κ3) is 3.01. The Hall–Kier alpha value is -3.07. The van der Waals surface area contributed by atoms with Gasteiger partial charge in [-0.05, 0) is 30.7 Å². The van der Waals surface area contributed by atoms with Crippen LogP contribution in [0.1, 0.15) is 11.1 Å². The lowest BCUT2D eigenvalue weighted by Gasteiger charge is -2.10. The maximum Gasteiger partial charge on any atom is 0.119 e. The van der Waals surface area contributed by atoms with E-state index in [1.165, 1.54) is 22.1 Å². The SMILES string of the molecule is COc1cccc(Cn2nc3ccccc3c2-c2ccc(C)cc2)c1. The summed E-state index contributed by atoms with van der Waals surface area (Å²) in [4.78, 5) is 0. The molecule has 0 spiro atoms. The smallest absolute Gasteiger partial charge is 0.119 e. The number of aryl methyl sites for hydroxylation is 1. The molecule has 0 atom stereocenters. The van der Waals surface area contributed by atoms with Crippen molar-refractivity contribution in [3.05, 3.63) is 83.9 Å². The lowest BCUT2D eigenvalue weighted by molar-refractivity contribution is 0.414. The predicted octanol–water partition coefficient (Wildman–Crippen LogP) is 5.07. The van der Waals surface area contributed by atoms with Gasteiger partial charge in [0, 0.05) is 10.9 Å². The minimum Gasteiger partial charge on any atom is -0.497 e. The molecule has 4 aromatic rings. The van der Waals surface area contributed by atoms with Crippen molar-refractivity contribution in [1.82, 2.24) is 9.78 Å². The molecule has 0 fully saturated rings. The van der Waals surface area contributed by atoms with Crippen molar-refractivity contribution in [3.63, 3.8) is 0 Å². The van der Waals surface area contributed by atoms with Gasteiger partial charge in [-0.2, -0.15) is 5.10 Å². The Morgan fingerprint density at radius 3 is 2.52 bits per heavy atom. The number of benzene rings is 3. The molecular weight excluding hydrogens is 308 g/mol. The molecule has 0 amide bonds. The van der Waals surface area contributed by atoms with Gasteiger partial charge in [0.25, 0.3) is 0 Å². The number of aromatic nitrogens is 2. The second-order valence-corrected chi connectivity index (χ2v) is 6.24. The van der Waals surface area contributed by atoms with Gasteiger partial charge < -0.3 is 4.74 Å². The van der Waals surface area contributed by atoms with E-state index in [0.29, 0.717) is 6.54 Å². The number of ether oxygens (including phenoxy) is 1. The second kappa shape index (κ2) is 6.44. The van der Waals surface area contributed by atoms with Gasteiger partial charge in [-0.1, -0.05) is 60.2 Å². The Morgan fingerprint density at radius 1 is 0.920 bits per heavy atom. The average molecular weight is 328 g/mol. The maximum absolute atomic E-state index is 5.35. The fourth-order valence-corrected chi connectivity index (χ4v) is 3.15. The summed E-state index contributed by atoms with van der Waals surface area (Å²) in [6, 6.07) is 25.1. The van der Waals surface area contributed by atoms with Gasteiger partial charge in [-0.25, -0.2) is 0 Å². The van der Waals surface area contributed by atoms with Crippen LogP contribution >= 0.6 is 0 Å². The topological polar surface area (TPSA) is 27.1 Å². The van der Waals surface area contributed by atoms with Gasteiger partial charge in [-0.3, -0.25) is 4.68 Å². The van der Waals surface area contributed by atoms with Gasteiger partial charge in [-0.15, -0.1) is 0 Å². The standard InChI is InChI=1S/C22H20N2O/c1-16-10-12-18(13-11-16)22-20-8-3-4-9-21(20)23-24(22)15-17-6-5-7-19(14-17)25-2/h3-14H,15H2,1-2H3. The van der Waals surface area contributed by atoms with Crippen molar-refractivity contribution in [2.24, 2.45) is 0 Å². The van der Waals surface area contributed by atoms with E-state index in [1.807, 2.05) is 18.2 Å². The Kier molecular flexibility index (Phi) is 3.98. The molecule has 124 valence electrons. The summed E-state index contributed by atoms with van der Waals surface area (Å²) in [5, 5.41) is 6.01. The number of nitrogens with zero attached hydrogens (tertiary/aromatic N) is 2. The molecule has 0 saturated heterocycles. The molecule has 25 heavy (non-hydrogen) atoms. The minimum atomic E-state index is 0.703. The van der Waals surface area contributed by atoms with E-state index in [2.05, 4.69) is 66.2 Å². The first-order valence-electron chi connectivity index (χ1n) is 8.40. The van der Waals surface area contributed by atoms with Gasteiger partial charge in [0.2, 0.25) is 0 Å². The van der Waals surface area contributed by atoms with E-state index in [4.69, 9.17) is 9.84 Å². The molecule has 0 aliphatic carbocycles. The van der Waals surface area contributed by atoms with E-state index in [-0.39, 0.29) is 0 Å². The summed E-state index contributed by atoms with van der Waals surface area (Å²) in [6.45, 7) is 2.81. The molecule has 0 radical (unpaired) electrons. The summed E-state index contributed by atoms with van der Waals surface area (Å²) in [7, 11) is 1.69. The molecule has 0 N–H and O–H groups in total. The Labute approximate surface area is 147 Å². The zero-order valence-electron chi connectivity index (χ0n) is 14.4. The fourth-order valence-electron chi connectivity index (χ4n) is 3.15. The van der Waals surface area contributed by atoms with Crippen LogP contribution in [0.3, 0.4) is 0 Å². The first-order valence-corrected chi connectivity index (χ1v) is 8.40. The summed E-state index contributed by atoms with van der Waals surface area (Å²) in [5.41, 5.74) is 5.77. The first kappa shape index (κ1) is 15.5. The van der Waals surface area contributed by atoms with Crippen LogP contribution in [0.2, 0.25) is 0 Å². The fraction of sp³-hybridized carbons (Fsp3) is 0.136. The van der Waals surface area contributed by atoms with Crippen LogP contribution < -0.4 is 4.74 Å². The lowest BCUT2D eigenvalue weighted by atomic mass is 10.1. The zero-order valence-corrected chi connectivity index (χ0v) is 14.4. The van der Waals surface area contributed by atoms with Gasteiger partial charge >= 0.3 is 0 Å². The highest BCUT2D eigenvalue weighted by molar-refractivity contribution is 5.93. The molecule has 0 unspecified atom stereocenters. The summed E-state index contributed by atoms with van der Waals surface area (Å²) in [6.07, 6.45) is 0. The predicted molar refractivity (Wildman–Crippen MR) is 102 cm³/mol. The van der Waals surface area contributed by atoms with Crippen molar-refractivity contribution >= 4 is 10.9 Å². The summed E-state index contributed by atoms with van der Waals surface area (Å²) < 4.78 is 7.44. The molecule has 3 heteroatoms. The highest BCUT2D eigenvalue weighted by atomic mass is 16.5. The van der Waals surface area contributed by atoms with E-state index < -0.39 is 0 Å². The third-order valence-corrected chi connectivity index (χ3v) is 4.44. The largest absolute Gasteiger partial charge is 0.497 e. The first-order chi connectivity index (χ1) is 12.2. The summed E-state index contributed by atoms with van der Waals surface area (Å²) >= 11 is 0.